The van der Waals surface area contributed by atoms with Crippen LogP contribution in [-0.2, 0) is 0 Å². The van der Waals surface area contributed by atoms with Gasteiger partial charge in [-0.25, -0.2) is 0 Å². The number of hydrogen-bond acceptors (Lipinski definition) is 5. The maximum Gasteiger partial charge on any atom is 0.280 e. The van der Waals surface area contributed by atoms with E-state index in [0.29, 0.717) is 0 Å². The lowest BCUT2D eigenvalue weighted by atomic mass is 10.2. The van der Waals surface area contributed by atoms with Crippen molar-refractivity contribution in [1.82, 2.24) is 0 Å². The van der Waals surface area contributed by atoms with Gasteiger partial charge in [-0.2, -0.15) is 0 Å². The second kappa shape index (κ2) is 3.88. The Bertz CT molecular complexity index is 362. The largest absolute Gasteiger partial charge is 0.385 e. The Morgan fingerprint density at radius 1 is 1.07 bits per heavy atom. The van der Waals surface area contributed by atoms with E-state index in [1.807, 2.05) is 0 Å². The highest BCUT2D eigenvalue weighted by Crippen LogP contribution is 2.27. The SMILES string of the molecule is O=[N+]([O-])c1cc(OCl)cc([N+](=O)[O-])c1. The molecule has 0 heterocycles. The van der Waals surface area contributed by atoms with Crippen LogP contribution in [0.1, 0.15) is 0 Å². The molecule has 0 saturated carbocycles. The minimum Gasteiger partial charge on any atom is -0.385 e. The van der Waals surface area contributed by atoms with Crippen LogP contribution < -0.4 is 4.29 Å². The zero-order valence-electron chi connectivity index (χ0n) is 6.55. The van der Waals surface area contributed by atoms with Gasteiger partial charge in [-0.3, -0.25) is 20.2 Å². The maximum absolute atomic E-state index is 10.3. The monoisotopic (exact) mass is 218 g/mol. The number of nitro benzene ring substituents is 2. The summed E-state index contributed by atoms with van der Waals surface area (Å²) < 4.78 is 4.16. The minimum atomic E-state index is -0.771. The summed E-state index contributed by atoms with van der Waals surface area (Å²) in [5, 5.41) is 20.7. The van der Waals surface area contributed by atoms with Crippen LogP contribution in [0, 0.1) is 20.2 Å². The average Bonchev–Trinajstić information content (AvgIpc) is 2.16. The molecule has 0 spiro atoms. The third-order valence-corrected chi connectivity index (χ3v) is 1.56. The zero-order chi connectivity index (χ0) is 10.7. The van der Waals surface area contributed by atoms with Gasteiger partial charge >= 0.3 is 0 Å². The van der Waals surface area contributed by atoms with Crippen molar-refractivity contribution in [3.8, 4) is 5.75 Å². The van der Waals surface area contributed by atoms with Gasteiger partial charge in [-0.15, -0.1) is 0 Å². The standard InChI is InChI=1S/C6H3ClN2O5/c7-14-6-2-4(8(10)11)1-5(3-6)9(12)13/h1-3H. The molecule has 8 heteroatoms. The van der Waals surface area contributed by atoms with Crippen molar-refractivity contribution in [3.05, 3.63) is 38.4 Å². The molecular weight excluding hydrogens is 216 g/mol. The average molecular weight is 219 g/mol. The van der Waals surface area contributed by atoms with Crippen molar-refractivity contribution in [2.45, 2.75) is 0 Å². The first kappa shape index (κ1) is 10.2. The van der Waals surface area contributed by atoms with Gasteiger partial charge in [0.25, 0.3) is 11.4 Å². The van der Waals surface area contributed by atoms with Gasteiger partial charge in [0.2, 0.25) is 0 Å². The number of rotatable bonds is 3. The molecule has 0 aliphatic rings. The van der Waals surface area contributed by atoms with Crippen LogP contribution in [0.5, 0.6) is 5.75 Å². The number of hydrogen-bond donors (Lipinski definition) is 0. The predicted molar refractivity (Wildman–Crippen MR) is 46.2 cm³/mol. The molecule has 0 aromatic heterocycles. The topological polar surface area (TPSA) is 95.5 Å². The van der Waals surface area contributed by atoms with Crippen LogP contribution in [0.25, 0.3) is 0 Å². The highest BCUT2D eigenvalue weighted by atomic mass is 35.5. The van der Waals surface area contributed by atoms with E-state index in [2.05, 4.69) is 4.29 Å². The fourth-order valence-corrected chi connectivity index (χ4v) is 0.912. The maximum atomic E-state index is 10.3. The van der Waals surface area contributed by atoms with Gasteiger partial charge in [0, 0.05) is 0 Å². The molecule has 0 unspecified atom stereocenters. The van der Waals surface area contributed by atoms with E-state index in [4.69, 9.17) is 11.9 Å². The van der Waals surface area contributed by atoms with Gasteiger partial charge in [0.1, 0.15) is 11.9 Å². The summed E-state index contributed by atoms with van der Waals surface area (Å²) in [6, 6.07) is 2.79. The molecule has 0 fully saturated rings. The Hall–Kier alpha value is -1.89. The molecule has 0 bridgehead atoms. The van der Waals surface area contributed by atoms with Crippen LogP contribution in [0.4, 0.5) is 11.4 Å². The van der Waals surface area contributed by atoms with Crippen LogP contribution in [0.15, 0.2) is 18.2 Å². The molecule has 14 heavy (non-hydrogen) atoms. The molecule has 0 N–H and O–H groups in total. The van der Waals surface area contributed by atoms with Crippen LogP contribution in [0.3, 0.4) is 0 Å². The van der Waals surface area contributed by atoms with Gasteiger partial charge < -0.3 is 4.29 Å². The van der Waals surface area contributed by atoms with E-state index in [-0.39, 0.29) is 5.75 Å². The Balaban J connectivity index is 3.27. The van der Waals surface area contributed by atoms with Crippen molar-refractivity contribution in [3.63, 3.8) is 0 Å². The lowest BCUT2D eigenvalue weighted by Crippen LogP contribution is -1.93. The highest BCUT2D eigenvalue weighted by Gasteiger charge is 2.16. The first-order valence-electron chi connectivity index (χ1n) is 3.27. The molecule has 0 aliphatic carbocycles. The number of nitro groups is 2. The normalized spacial score (nSPS) is 9.50. The second-order valence-corrected chi connectivity index (χ2v) is 2.43. The molecule has 74 valence electrons. The molecule has 0 amide bonds. The quantitative estimate of drug-likeness (QED) is 0.571. The summed E-state index contributed by atoms with van der Waals surface area (Å²) in [5.41, 5.74) is -0.898. The fraction of sp³-hybridized carbons (Fsp3) is 0. The lowest BCUT2D eigenvalue weighted by molar-refractivity contribution is -0.394. The number of non-ortho nitro benzene ring substituents is 2. The van der Waals surface area contributed by atoms with Crippen molar-refractivity contribution in [1.29, 1.82) is 0 Å². The second-order valence-electron chi connectivity index (χ2n) is 2.28. The highest BCUT2D eigenvalue weighted by molar-refractivity contribution is 6.09. The third kappa shape index (κ3) is 2.07. The third-order valence-electron chi connectivity index (χ3n) is 1.39. The predicted octanol–water partition coefficient (Wildman–Crippen LogP) is 2.04. The minimum absolute atomic E-state index is 0.146. The smallest absolute Gasteiger partial charge is 0.280 e. The van der Waals surface area contributed by atoms with Crippen LogP contribution >= 0.6 is 11.9 Å². The summed E-state index contributed by atoms with van der Waals surface area (Å²) in [6.07, 6.45) is 0. The molecule has 7 nitrogen and oxygen atoms in total. The molecule has 1 aromatic carbocycles. The van der Waals surface area contributed by atoms with E-state index in [1.54, 1.807) is 0 Å². The summed E-state index contributed by atoms with van der Waals surface area (Å²) in [6.45, 7) is 0. The molecule has 0 atom stereocenters. The summed E-state index contributed by atoms with van der Waals surface area (Å²) in [7, 11) is 0. The van der Waals surface area contributed by atoms with Crippen molar-refractivity contribution in [2.75, 3.05) is 0 Å². The Morgan fingerprint density at radius 2 is 1.50 bits per heavy atom. The van der Waals surface area contributed by atoms with E-state index >= 15 is 0 Å². The molecule has 1 rings (SSSR count). The number of benzene rings is 1. The lowest BCUT2D eigenvalue weighted by Gasteiger charge is -1.96. The van der Waals surface area contributed by atoms with Gasteiger partial charge in [0.05, 0.1) is 28.0 Å². The Morgan fingerprint density at radius 3 is 1.79 bits per heavy atom. The van der Waals surface area contributed by atoms with Gasteiger partial charge in [-0.05, 0) is 0 Å². The van der Waals surface area contributed by atoms with E-state index in [0.717, 1.165) is 18.2 Å². The fourth-order valence-electron chi connectivity index (χ4n) is 0.823. The van der Waals surface area contributed by atoms with Crippen LogP contribution in [-0.4, -0.2) is 9.85 Å². The van der Waals surface area contributed by atoms with E-state index < -0.39 is 21.2 Å². The summed E-state index contributed by atoms with van der Waals surface area (Å²) in [4.78, 5) is 19.1. The Kier molecular flexibility index (Phi) is 2.82. The molecule has 0 radical (unpaired) electrons. The first-order valence-corrected chi connectivity index (χ1v) is 3.58. The van der Waals surface area contributed by atoms with Gasteiger partial charge in [-0.1, -0.05) is 0 Å². The van der Waals surface area contributed by atoms with Crippen molar-refractivity contribution < 1.29 is 14.1 Å². The van der Waals surface area contributed by atoms with E-state index in [1.165, 1.54) is 0 Å². The first-order chi connectivity index (χ1) is 6.54. The van der Waals surface area contributed by atoms with Gasteiger partial charge in [0.15, 0.2) is 5.75 Å². The summed E-state index contributed by atoms with van der Waals surface area (Å²) >= 11 is 4.94. The molecule has 1 aromatic rings. The molecule has 0 saturated heterocycles. The molecular formula is C6H3ClN2O5. The number of halogens is 1. The summed E-state index contributed by atoms with van der Waals surface area (Å²) in [5.74, 6) is -0.146. The van der Waals surface area contributed by atoms with E-state index in [9.17, 15) is 20.2 Å². The number of nitrogens with zero attached hydrogens (tertiary/aromatic N) is 2. The van der Waals surface area contributed by atoms with Crippen LogP contribution in [0.2, 0.25) is 0 Å². The molecule has 0 aliphatic heterocycles. The Labute approximate surface area is 82.3 Å². The van der Waals surface area contributed by atoms with Crippen molar-refractivity contribution >= 4 is 23.2 Å². The zero-order valence-corrected chi connectivity index (χ0v) is 7.30. The van der Waals surface area contributed by atoms with Crippen molar-refractivity contribution in [2.24, 2.45) is 0 Å².